The van der Waals surface area contributed by atoms with Crippen LogP contribution in [0.4, 0.5) is 5.82 Å². The quantitative estimate of drug-likeness (QED) is 0.847. The summed E-state index contributed by atoms with van der Waals surface area (Å²) in [7, 11) is 0. The Labute approximate surface area is 106 Å². The summed E-state index contributed by atoms with van der Waals surface area (Å²) in [4.78, 5) is 18.4. The van der Waals surface area contributed by atoms with Gasteiger partial charge in [0.05, 0.1) is 0 Å². The van der Waals surface area contributed by atoms with Crippen molar-refractivity contribution in [2.24, 2.45) is 0 Å². The van der Waals surface area contributed by atoms with Crippen LogP contribution in [0, 0.1) is 6.92 Å². The Kier molecular flexibility index (Phi) is 3.10. The van der Waals surface area contributed by atoms with Gasteiger partial charge in [0.15, 0.2) is 11.5 Å². The number of hydrogen-bond donors (Lipinski definition) is 2. The third kappa shape index (κ3) is 2.28. The fraction of sp³-hybridized carbons (Fsp3) is 0.583. The fourth-order valence-electron chi connectivity index (χ4n) is 2.42. The standard InChI is InChI=1S/C12H18N6/c1-9-16-10-11(14-8-15-12(10)17-9)13-4-7-18-5-2-3-6-18/h8H,2-7H2,1H3,(H2,13,14,15,16,17). The molecule has 0 radical (unpaired) electrons. The lowest BCUT2D eigenvalue weighted by atomic mass is 10.4. The molecule has 6 nitrogen and oxygen atoms in total. The number of likely N-dealkylation sites (tertiary alicyclic amines) is 1. The largest absolute Gasteiger partial charge is 0.367 e. The number of H-pyrrole nitrogens is 1. The smallest absolute Gasteiger partial charge is 0.183 e. The first-order valence-corrected chi connectivity index (χ1v) is 6.46. The van der Waals surface area contributed by atoms with Gasteiger partial charge in [0, 0.05) is 13.1 Å². The molecule has 2 aromatic heterocycles. The second-order valence-corrected chi connectivity index (χ2v) is 4.72. The van der Waals surface area contributed by atoms with Crippen LogP contribution in [0.15, 0.2) is 6.33 Å². The average molecular weight is 246 g/mol. The van der Waals surface area contributed by atoms with Crippen LogP contribution in [-0.4, -0.2) is 51.0 Å². The molecule has 96 valence electrons. The molecule has 6 heteroatoms. The van der Waals surface area contributed by atoms with Crippen molar-refractivity contribution < 1.29 is 0 Å². The minimum atomic E-state index is 0.728. The third-order valence-electron chi connectivity index (χ3n) is 3.33. The van der Waals surface area contributed by atoms with E-state index in [-0.39, 0.29) is 0 Å². The molecule has 0 aromatic carbocycles. The second-order valence-electron chi connectivity index (χ2n) is 4.72. The first kappa shape index (κ1) is 11.4. The Morgan fingerprint density at radius 2 is 2.17 bits per heavy atom. The van der Waals surface area contributed by atoms with E-state index in [2.05, 4.69) is 30.2 Å². The van der Waals surface area contributed by atoms with Crippen molar-refractivity contribution in [1.29, 1.82) is 0 Å². The number of aromatic nitrogens is 4. The van der Waals surface area contributed by atoms with Gasteiger partial charge in [-0.1, -0.05) is 0 Å². The van der Waals surface area contributed by atoms with E-state index in [9.17, 15) is 0 Å². The Balaban J connectivity index is 1.66. The molecule has 18 heavy (non-hydrogen) atoms. The maximum absolute atomic E-state index is 4.30. The number of fused-ring (bicyclic) bond motifs is 1. The summed E-state index contributed by atoms with van der Waals surface area (Å²) in [5.74, 6) is 1.72. The lowest BCUT2D eigenvalue weighted by Crippen LogP contribution is -2.26. The summed E-state index contributed by atoms with van der Waals surface area (Å²) in [5, 5.41) is 3.36. The Hall–Kier alpha value is -1.69. The monoisotopic (exact) mass is 246 g/mol. The van der Waals surface area contributed by atoms with E-state index in [1.807, 2.05) is 6.92 Å². The number of aromatic amines is 1. The van der Waals surface area contributed by atoms with Gasteiger partial charge in [-0.15, -0.1) is 0 Å². The fourth-order valence-corrected chi connectivity index (χ4v) is 2.42. The minimum absolute atomic E-state index is 0.728. The zero-order valence-electron chi connectivity index (χ0n) is 10.6. The van der Waals surface area contributed by atoms with Crippen LogP contribution in [0.3, 0.4) is 0 Å². The van der Waals surface area contributed by atoms with Crippen molar-refractivity contribution in [3.05, 3.63) is 12.2 Å². The van der Waals surface area contributed by atoms with E-state index >= 15 is 0 Å². The molecular formula is C12H18N6. The van der Waals surface area contributed by atoms with Gasteiger partial charge in [-0.25, -0.2) is 15.0 Å². The number of nitrogens with one attached hydrogen (secondary N) is 2. The number of imidazole rings is 1. The number of rotatable bonds is 4. The summed E-state index contributed by atoms with van der Waals surface area (Å²) in [6, 6.07) is 0. The van der Waals surface area contributed by atoms with E-state index in [1.54, 1.807) is 6.33 Å². The second kappa shape index (κ2) is 4.89. The van der Waals surface area contributed by atoms with Gasteiger partial charge in [0.1, 0.15) is 17.7 Å². The summed E-state index contributed by atoms with van der Waals surface area (Å²) in [6.45, 7) is 6.35. The summed E-state index contributed by atoms with van der Waals surface area (Å²) in [5.41, 5.74) is 1.63. The highest BCUT2D eigenvalue weighted by molar-refractivity contribution is 5.82. The van der Waals surface area contributed by atoms with Crippen molar-refractivity contribution in [2.75, 3.05) is 31.5 Å². The molecule has 1 fully saturated rings. The van der Waals surface area contributed by atoms with Crippen molar-refractivity contribution in [2.45, 2.75) is 19.8 Å². The van der Waals surface area contributed by atoms with E-state index < -0.39 is 0 Å². The molecule has 3 rings (SSSR count). The number of nitrogens with zero attached hydrogens (tertiary/aromatic N) is 4. The normalized spacial score (nSPS) is 16.5. The summed E-state index contributed by atoms with van der Waals surface area (Å²) in [6.07, 6.45) is 4.22. The van der Waals surface area contributed by atoms with Crippen LogP contribution >= 0.6 is 0 Å². The molecule has 0 spiro atoms. The van der Waals surface area contributed by atoms with E-state index in [0.29, 0.717) is 0 Å². The molecule has 0 saturated carbocycles. The topological polar surface area (TPSA) is 69.7 Å². The first-order chi connectivity index (χ1) is 8.83. The highest BCUT2D eigenvalue weighted by atomic mass is 15.2. The highest BCUT2D eigenvalue weighted by Gasteiger charge is 2.11. The summed E-state index contributed by atoms with van der Waals surface area (Å²) < 4.78 is 0. The molecular weight excluding hydrogens is 228 g/mol. The first-order valence-electron chi connectivity index (χ1n) is 6.46. The van der Waals surface area contributed by atoms with Crippen molar-refractivity contribution in [1.82, 2.24) is 24.8 Å². The van der Waals surface area contributed by atoms with E-state index in [1.165, 1.54) is 25.9 Å². The molecule has 1 aliphatic rings. The van der Waals surface area contributed by atoms with E-state index in [0.717, 1.165) is 35.9 Å². The number of anilines is 1. The van der Waals surface area contributed by atoms with Gasteiger partial charge in [-0.05, 0) is 32.9 Å². The molecule has 0 atom stereocenters. The van der Waals surface area contributed by atoms with Gasteiger partial charge < -0.3 is 15.2 Å². The number of aryl methyl sites for hydroxylation is 1. The average Bonchev–Trinajstić information content (AvgIpc) is 2.97. The van der Waals surface area contributed by atoms with Crippen LogP contribution in [0.5, 0.6) is 0 Å². The predicted molar refractivity (Wildman–Crippen MR) is 70.6 cm³/mol. The SMILES string of the molecule is Cc1nc2ncnc(NCCN3CCCC3)c2[nH]1. The molecule has 0 amide bonds. The lowest BCUT2D eigenvalue weighted by Gasteiger charge is -2.14. The highest BCUT2D eigenvalue weighted by Crippen LogP contribution is 2.16. The van der Waals surface area contributed by atoms with Gasteiger partial charge >= 0.3 is 0 Å². The molecule has 1 aliphatic heterocycles. The van der Waals surface area contributed by atoms with Crippen molar-refractivity contribution >= 4 is 17.0 Å². The van der Waals surface area contributed by atoms with Gasteiger partial charge in [0.2, 0.25) is 0 Å². The predicted octanol–water partition coefficient (Wildman–Crippen LogP) is 1.17. The Morgan fingerprint density at radius 1 is 1.33 bits per heavy atom. The Bertz CT molecular complexity index is 528. The van der Waals surface area contributed by atoms with Gasteiger partial charge in [-0.3, -0.25) is 0 Å². The van der Waals surface area contributed by atoms with Crippen LogP contribution in [-0.2, 0) is 0 Å². The molecule has 0 unspecified atom stereocenters. The van der Waals surface area contributed by atoms with Crippen LogP contribution < -0.4 is 5.32 Å². The zero-order chi connectivity index (χ0) is 12.4. The lowest BCUT2D eigenvalue weighted by molar-refractivity contribution is 0.352. The van der Waals surface area contributed by atoms with Crippen LogP contribution in [0.2, 0.25) is 0 Å². The molecule has 2 N–H and O–H groups in total. The molecule has 0 bridgehead atoms. The Morgan fingerprint density at radius 3 is 3.00 bits per heavy atom. The summed E-state index contributed by atoms with van der Waals surface area (Å²) >= 11 is 0. The van der Waals surface area contributed by atoms with Gasteiger partial charge in [-0.2, -0.15) is 0 Å². The third-order valence-corrected chi connectivity index (χ3v) is 3.33. The molecule has 0 aliphatic carbocycles. The van der Waals surface area contributed by atoms with E-state index in [4.69, 9.17) is 0 Å². The van der Waals surface area contributed by atoms with Gasteiger partial charge in [0.25, 0.3) is 0 Å². The molecule has 2 aromatic rings. The van der Waals surface area contributed by atoms with Crippen LogP contribution in [0.25, 0.3) is 11.2 Å². The maximum Gasteiger partial charge on any atom is 0.183 e. The van der Waals surface area contributed by atoms with Crippen molar-refractivity contribution in [3.8, 4) is 0 Å². The zero-order valence-corrected chi connectivity index (χ0v) is 10.6. The van der Waals surface area contributed by atoms with Crippen molar-refractivity contribution in [3.63, 3.8) is 0 Å². The maximum atomic E-state index is 4.30. The molecule has 1 saturated heterocycles. The molecule has 3 heterocycles. The van der Waals surface area contributed by atoms with Crippen LogP contribution in [0.1, 0.15) is 18.7 Å². The number of hydrogen-bond acceptors (Lipinski definition) is 5. The minimum Gasteiger partial charge on any atom is -0.367 e.